The van der Waals surface area contributed by atoms with Crippen molar-refractivity contribution >= 4 is 39.1 Å². The van der Waals surface area contributed by atoms with E-state index in [0.29, 0.717) is 15.0 Å². The minimum atomic E-state index is -0.512. The molecule has 1 amide bonds. The average Bonchev–Trinajstić information content (AvgIpc) is 2.84. The number of thiazole rings is 1. The lowest BCUT2D eigenvalue weighted by atomic mass is 10.2. The van der Waals surface area contributed by atoms with Crippen LogP contribution in [0, 0.1) is 16.0 Å². The first-order valence-corrected chi connectivity index (χ1v) is 8.17. The molecule has 0 saturated heterocycles. The third kappa shape index (κ3) is 3.85. The van der Waals surface area contributed by atoms with Crippen LogP contribution in [0.2, 0.25) is 0 Å². The Bertz CT molecular complexity index is 866. The molecule has 0 saturated carbocycles. The van der Waals surface area contributed by atoms with Crippen LogP contribution < -0.4 is 4.80 Å². The van der Waals surface area contributed by atoms with Gasteiger partial charge in [0, 0.05) is 18.1 Å². The van der Waals surface area contributed by atoms with Crippen molar-refractivity contribution in [3.63, 3.8) is 0 Å². The van der Waals surface area contributed by atoms with E-state index in [0.717, 1.165) is 0 Å². The van der Waals surface area contributed by atoms with E-state index in [-0.39, 0.29) is 30.7 Å². The number of benzene rings is 1. The molecule has 2 aromatic rings. The number of hydrogen-bond acceptors (Lipinski definition) is 6. The van der Waals surface area contributed by atoms with Crippen LogP contribution in [0.25, 0.3) is 10.2 Å². The van der Waals surface area contributed by atoms with Crippen molar-refractivity contribution < 1.29 is 19.2 Å². The quantitative estimate of drug-likeness (QED) is 0.467. The first kappa shape index (κ1) is 17.8. The Hall–Kier alpha value is -2.55. The molecule has 0 bridgehead atoms. The van der Waals surface area contributed by atoms with E-state index in [1.807, 2.05) is 0 Å². The third-order valence-electron chi connectivity index (χ3n) is 3.17. The standard InChI is InChI=1S/C15H17N3O5S/c1-4-23-13(19)8-17-11-7-10(18(21)22)5-6-12(11)24-15(17)16-14(20)9(2)3/h5-7,9H,4,8H2,1-3H3. The average molecular weight is 351 g/mol. The predicted octanol–water partition coefficient (Wildman–Crippen LogP) is 2.26. The summed E-state index contributed by atoms with van der Waals surface area (Å²) in [6.45, 7) is 5.18. The first-order chi connectivity index (χ1) is 11.3. The van der Waals surface area contributed by atoms with Gasteiger partial charge in [0.1, 0.15) is 6.54 Å². The van der Waals surface area contributed by atoms with Crippen molar-refractivity contribution in [1.29, 1.82) is 0 Å². The highest BCUT2D eigenvalue weighted by atomic mass is 32.1. The van der Waals surface area contributed by atoms with E-state index < -0.39 is 10.9 Å². The van der Waals surface area contributed by atoms with Gasteiger partial charge in [-0.25, -0.2) is 0 Å². The van der Waals surface area contributed by atoms with E-state index in [1.165, 1.54) is 28.0 Å². The van der Waals surface area contributed by atoms with Crippen LogP contribution in [0.15, 0.2) is 23.2 Å². The molecule has 0 radical (unpaired) electrons. The molecule has 0 aliphatic rings. The Morgan fingerprint density at radius 3 is 2.71 bits per heavy atom. The number of nitro groups is 1. The summed E-state index contributed by atoms with van der Waals surface area (Å²) in [5.74, 6) is -1.11. The molecule has 0 fully saturated rings. The number of carbonyl (C=O) groups is 2. The number of nitrogens with zero attached hydrogens (tertiary/aromatic N) is 3. The predicted molar refractivity (Wildman–Crippen MR) is 88.5 cm³/mol. The lowest BCUT2D eigenvalue weighted by Crippen LogP contribution is -2.23. The number of carbonyl (C=O) groups excluding carboxylic acids is 2. The molecule has 9 heteroatoms. The van der Waals surface area contributed by atoms with Crippen LogP contribution in [0.5, 0.6) is 0 Å². The van der Waals surface area contributed by atoms with Gasteiger partial charge in [0.25, 0.3) is 11.6 Å². The van der Waals surface area contributed by atoms with E-state index in [1.54, 1.807) is 26.8 Å². The van der Waals surface area contributed by atoms with Crippen LogP contribution in [-0.4, -0.2) is 28.0 Å². The molecule has 0 atom stereocenters. The second kappa shape index (κ2) is 7.35. The second-order valence-electron chi connectivity index (χ2n) is 5.29. The van der Waals surface area contributed by atoms with Gasteiger partial charge in [-0.2, -0.15) is 4.99 Å². The normalized spacial score (nSPS) is 11.9. The van der Waals surface area contributed by atoms with Crippen LogP contribution in [0.3, 0.4) is 0 Å². The number of ether oxygens (including phenoxy) is 1. The Balaban J connectivity index is 2.65. The molecule has 1 aromatic heterocycles. The van der Waals surface area contributed by atoms with Gasteiger partial charge in [-0.1, -0.05) is 25.2 Å². The Labute approximate surface area is 141 Å². The van der Waals surface area contributed by atoms with Crippen LogP contribution in [-0.2, 0) is 20.9 Å². The molecule has 128 valence electrons. The fourth-order valence-electron chi connectivity index (χ4n) is 1.97. The monoisotopic (exact) mass is 351 g/mol. The Kier molecular flexibility index (Phi) is 5.45. The third-order valence-corrected chi connectivity index (χ3v) is 4.23. The first-order valence-electron chi connectivity index (χ1n) is 7.35. The molecular weight excluding hydrogens is 334 g/mol. The molecule has 24 heavy (non-hydrogen) atoms. The van der Waals surface area contributed by atoms with Crippen molar-refractivity contribution in [2.75, 3.05) is 6.61 Å². The summed E-state index contributed by atoms with van der Waals surface area (Å²) in [6.07, 6.45) is 0. The summed E-state index contributed by atoms with van der Waals surface area (Å²) in [4.78, 5) is 38.6. The SMILES string of the molecule is CCOC(=O)Cn1c(=NC(=O)C(C)C)sc2ccc([N+](=O)[O-])cc21. The minimum absolute atomic E-state index is 0.0976. The van der Waals surface area contributed by atoms with E-state index >= 15 is 0 Å². The second-order valence-corrected chi connectivity index (χ2v) is 6.30. The van der Waals surface area contributed by atoms with E-state index in [2.05, 4.69) is 4.99 Å². The van der Waals surface area contributed by atoms with Gasteiger partial charge in [0.15, 0.2) is 4.80 Å². The zero-order valence-corrected chi connectivity index (χ0v) is 14.3. The van der Waals surface area contributed by atoms with Crippen molar-refractivity contribution in [1.82, 2.24) is 4.57 Å². The van der Waals surface area contributed by atoms with Gasteiger partial charge >= 0.3 is 5.97 Å². The molecule has 1 aromatic carbocycles. The van der Waals surface area contributed by atoms with Gasteiger partial charge in [0.2, 0.25) is 0 Å². The maximum absolute atomic E-state index is 11.9. The molecule has 0 unspecified atom stereocenters. The Morgan fingerprint density at radius 2 is 2.12 bits per heavy atom. The van der Waals surface area contributed by atoms with Crippen molar-refractivity contribution in [2.45, 2.75) is 27.3 Å². The summed E-state index contributed by atoms with van der Waals surface area (Å²) in [5, 5.41) is 11.0. The summed E-state index contributed by atoms with van der Waals surface area (Å²) in [6, 6.07) is 4.32. The van der Waals surface area contributed by atoms with Crippen molar-refractivity contribution in [2.24, 2.45) is 10.9 Å². The number of aromatic nitrogens is 1. The molecular formula is C15H17N3O5S. The highest BCUT2D eigenvalue weighted by molar-refractivity contribution is 7.16. The zero-order chi connectivity index (χ0) is 17.9. The maximum atomic E-state index is 11.9. The minimum Gasteiger partial charge on any atom is -0.465 e. The largest absolute Gasteiger partial charge is 0.465 e. The van der Waals surface area contributed by atoms with Crippen molar-refractivity contribution in [3.05, 3.63) is 33.1 Å². The lowest BCUT2D eigenvalue weighted by molar-refractivity contribution is -0.384. The smallest absolute Gasteiger partial charge is 0.326 e. The summed E-state index contributed by atoms with van der Waals surface area (Å²) < 4.78 is 7.11. The molecule has 0 aliphatic carbocycles. The van der Waals surface area contributed by atoms with Crippen LogP contribution in [0.1, 0.15) is 20.8 Å². The van der Waals surface area contributed by atoms with Gasteiger partial charge in [-0.3, -0.25) is 19.7 Å². The lowest BCUT2D eigenvalue weighted by Gasteiger charge is -2.05. The highest BCUT2D eigenvalue weighted by Gasteiger charge is 2.16. The topological polar surface area (TPSA) is 104 Å². The molecule has 2 rings (SSSR count). The molecule has 1 heterocycles. The Morgan fingerprint density at radius 1 is 1.42 bits per heavy atom. The molecule has 0 aliphatic heterocycles. The van der Waals surface area contributed by atoms with Gasteiger partial charge in [-0.15, -0.1) is 0 Å². The maximum Gasteiger partial charge on any atom is 0.326 e. The van der Waals surface area contributed by atoms with E-state index in [9.17, 15) is 19.7 Å². The van der Waals surface area contributed by atoms with Crippen LogP contribution in [0.4, 0.5) is 5.69 Å². The number of esters is 1. The zero-order valence-electron chi connectivity index (χ0n) is 13.5. The number of amides is 1. The molecule has 8 nitrogen and oxygen atoms in total. The van der Waals surface area contributed by atoms with Gasteiger partial charge in [0.05, 0.1) is 21.7 Å². The molecule has 0 N–H and O–H groups in total. The number of hydrogen-bond donors (Lipinski definition) is 0. The summed E-state index contributed by atoms with van der Waals surface area (Å²) >= 11 is 1.20. The van der Waals surface area contributed by atoms with E-state index in [4.69, 9.17) is 4.74 Å². The van der Waals surface area contributed by atoms with Crippen LogP contribution >= 0.6 is 11.3 Å². The summed E-state index contributed by atoms with van der Waals surface area (Å²) in [7, 11) is 0. The fourth-order valence-corrected chi connectivity index (χ4v) is 2.98. The number of non-ortho nitro benzene ring substituents is 1. The molecule has 0 spiro atoms. The fraction of sp³-hybridized carbons (Fsp3) is 0.400. The van der Waals surface area contributed by atoms with Gasteiger partial charge < -0.3 is 9.30 Å². The van der Waals surface area contributed by atoms with Gasteiger partial charge in [-0.05, 0) is 13.0 Å². The number of nitro benzene ring substituents is 1. The van der Waals surface area contributed by atoms with Crippen molar-refractivity contribution in [3.8, 4) is 0 Å². The summed E-state index contributed by atoms with van der Waals surface area (Å²) in [5.41, 5.74) is 0.372. The number of fused-ring (bicyclic) bond motifs is 1. The number of rotatable bonds is 5. The highest BCUT2D eigenvalue weighted by Crippen LogP contribution is 2.23.